The Labute approximate surface area is 210 Å². The molecule has 4 aromatic rings. The molecule has 0 atom stereocenters. The Morgan fingerprint density at radius 2 is 1.47 bits per heavy atom. The van der Waals surface area contributed by atoms with Crippen molar-refractivity contribution in [1.29, 1.82) is 0 Å². The number of pyridine rings is 1. The highest BCUT2D eigenvalue weighted by Crippen LogP contribution is 2.26. The standard InChI is InChI=1S/C29H30N2O5/c1-19-5-7-20(8-6-19)9-10-22-13-21-11-12-24(34-2)17-27(21)31(29(22)33)18-28(32)30-23-14-25(35-3)16-26(15-23)36-4/h5-8,11-17H,9-10,18H2,1-4H3,(H,30,32). The number of aromatic nitrogens is 1. The average molecular weight is 487 g/mol. The van der Waals surface area contributed by atoms with E-state index in [2.05, 4.69) is 29.6 Å². The molecule has 0 aliphatic rings. The Kier molecular flexibility index (Phi) is 7.59. The van der Waals surface area contributed by atoms with Crippen LogP contribution >= 0.6 is 0 Å². The van der Waals surface area contributed by atoms with Gasteiger partial charge in [0.1, 0.15) is 23.8 Å². The summed E-state index contributed by atoms with van der Waals surface area (Å²) in [6.07, 6.45) is 1.30. The maximum absolute atomic E-state index is 13.5. The number of nitrogens with zero attached hydrogens (tertiary/aromatic N) is 1. The summed E-state index contributed by atoms with van der Waals surface area (Å²) in [5, 5.41) is 3.72. The van der Waals surface area contributed by atoms with Crippen molar-refractivity contribution in [3.8, 4) is 17.2 Å². The van der Waals surface area contributed by atoms with Crippen LogP contribution in [-0.2, 0) is 24.2 Å². The van der Waals surface area contributed by atoms with Crippen LogP contribution in [0.4, 0.5) is 5.69 Å². The number of fused-ring (bicyclic) bond motifs is 1. The van der Waals surface area contributed by atoms with Crippen molar-refractivity contribution in [2.75, 3.05) is 26.6 Å². The molecule has 0 saturated carbocycles. The van der Waals surface area contributed by atoms with Crippen molar-refractivity contribution in [2.24, 2.45) is 0 Å². The molecule has 7 nitrogen and oxygen atoms in total. The molecule has 1 aromatic heterocycles. The smallest absolute Gasteiger partial charge is 0.254 e. The summed E-state index contributed by atoms with van der Waals surface area (Å²) in [5.74, 6) is 1.37. The van der Waals surface area contributed by atoms with Gasteiger partial charge in [0.2, 0.25) is 5.91 Å². The fourth-order valence-electron chi connectivity index (χ4n) is 4.13. The third kappa shape index (κ3) is 5.68. The topological polar surface area (TPSA) is 78.8 Å². The lowest BCUT2D eigenvalue weighted by Gasteiger charge is -2.15. The lowest BCUT2D eigenvalue weighted by molar-refractivity contribution is -0.116. The number of aryl methyl sites for hydroxylation is 3. The largest absolute Gasteiger partial charge is 0.497 e. The van der Waals surface area contributed by atoms with Crippen molar-refractivity contribution in [2.45, 2.75) is 26.3 Å². The van der Waals surface area contributed by atoms with Crippen LogP contribution in [0.15, 0.2) is 71.5 Å². The highest BCUT2D eigenvalue weighted by Gasteiger charge is 2.15. The van der Waals surface area contributed by atoms with Gasteiger partial charge in [-0.2, -0.15) is 0 Å². The first-order valence-electron chi connectivity index (χ1n) is 11.7. The number of hydrogen-bond donors (Lipinski definition) is 1. The lowest BCUT2D eigenvalue weighted by atomic mass is 10.0. The molecular weight excluding hydrogens is 456 g/mol. The number of benzene rings is 3. The van der Waals surface area contributed by atoms with Crippen LogP contribution in [0.1, 0.15) is 16.7 Å². The molecule has 3 aromatic carbocycles. The van der Waals surface area contributed by atoms with Crippen LogP contribution < -0.4 is 25.1 Å². The van der Waals surface area contributed by atoms with Gasteiger partial charge in [-0.25, -0.2) is 0 Å². The SMILES string of the molecule is COc1cc(NC(=O)Cn2c(=O)c(CCc3ccc(C)cc3)cc3ccc(OC)cc32)cc(OC)c1. The zero-order valence-electron chi connectivity index (χ0n) is 21.0. The molecule has 0 spiro atoms. The lowest BCUT2D eigenvalue weighted by Crippen LogP contribution is -2.30. The third-order valence-electron chi connectivity index (χ3n) is 6.12. The van der Waals surface area contributed by atoms with Crippen molar-refractivity contribution in [3.63, 3.8) is 0 Å². The van der Waals surface area contributed by atoms with Gasteiger partial charge in [0.15, 0.2) is 0 Å². The van der Waals surface area contributed by atoms with E-state index in [1.807, 2.05) is 25.1 Å². The molecule has 0 aliphatic heterocycles. The van der Waals surface area contributed by atoms with E-state index in [4.69, 9.17) is 14.2 Å². The van der Waals surface area contributed by atoms with E-state index >= 15 is 0 Å². The maximum atomic E-state index is 13.5. The molecule has 4 rings (SSSR count). The molecule has 1 amide bonds. The van der Waals surface area contributed by atoms with Gasteiger partial charge in [0.05, 0.1) is 26.8 Å². The first-order chi connectivity index (χ1) is 17.4. The number of methoxy groups -OCH3 is 3. The number of ether oxygens (including phenoxy) is 3. The van der Waals surface area contributed by atoms with Gasteiger partial charge < -0.3 is 19.5 Å². The van der Waals surface area contributed by atoms with E-state index in [0.717, 1.165) is 17.4 Å². The van der Waals surface area contributed by atoms with Gasteiger partial charge in [0.25, 0.3) is 5.56 Å². The fourth-order valence-corrected chi connectivity index (χ4v) is 4.13. The second-order valence-corrected chi connectivity index (χ2v) is 8.62. The Morgan fingerprint density at radius 3 is 2.11 bits per heavy atom. The molecule has 0 unspecified atom stereocenters. The minimum absolute atomic E-state index is 0.152. The molecule has 0 bridgehead atoms. The van der Waals surface area contributed by atoms with Crippen LogP contribution in [0.3, 0.4) is 0 Å². The molecule has 0 aliphatic carbocycles. The number of carbonyl (C=O) groups excluding carboxylic acids is 1. The molecular formula is C29H30N2O5. The Morgan fingerprint density at radius 1 is 0.806 bits per heavy atom. The average Bonchev–Trinajstić information content (AvgIpc) is 2.89. The van der Waals surface area contributed by atoms with Gasteiger partial charge >= 0.3 is 0 Å². The van der Waals surface area contributed by atoms with Crippen LogP contribution in [0.2, 0.25) is 0 Å². The predicted molar refractivity (Wildman–Crippen MR) is 142 cm³/mol. The van der Waals surface area contributed by atoms with Gasteiger partial charge in [-0.1, -0.05) is 29.8 Å². The minimum Gasteiger partial charge on any atom is -0.497 e. The highest BCUT2D eigenvalue weighted by atomic mass is 16.5. The quantitative estimate of drug-likeness (QED) is 0.369. The normalized spacial score (nSPS) is 10.8. The molecule has 1 heterocycles. The second-order valence-electron chi connectivity index (χ2n) is 8.62. The van der Waals surface area contributed by atoms with E-state index in [1.54, 1.807) is 45.6 Å². The molecule has 1 N–H and O–H groups in total. The second kappa shape index (κ2) is 11.0. The first-order valence-corrected chi connectivity index (χ1v) is 11.7. The van der Waals surface area contributed by atoms with Crippen molar-refractivity contribution in [3.05, 3.63) is 93.8 Å². The number of rotatable bonds is 9. The molecule has 36 heavy (non-hydrogen) atoms. The molecule has 0 radical (unpaired) electrons. The van der Waals surface area contributed by atoms with Crippen LogP contribution in [-0.4, -0.2) is 31.8 Å². The van der Waals surface area contributed by atoms with Gasteiger partial charge in [-0.15, -0.1) is 0 Å². The van der Waals surface area contributed by atoms with E-state index in [-0.39, 0.29) is 18.0 Å². The van der Waals surface area contributed by atoms with Crippen LogP contribution in [0.25, 0.3) is 10.9 Å². The third-order valence-corrected chi connectivity index (χ3v) is 6.12. The number of nitrogens with one attached hydrogen (secondary N) is 1. The number of hydrogen-bond acceptors (Lipinski definition) is 5. The summed E-state index contributed by atoms with van der Waals surface area (Å²) >= 11 is 0. The summed E-state index contributed by atoms with van der Waals surface area (Å²) in [6.45, 7) is 1.90. The van der Waals surface area contributed by atoms with Crippen molar-refractivity contribution < 1.29 is 19.0 Å². The summed E-state index contributed by atoms with van der Waals surface area (Å²) in [4.78, 5) is 26.6. The zero-order valence-corrected chi connectivity index (χ0v) is 21.0. The molecule has 7 heteroatoms. The van der Waals surface area contributed by atoms with Gasteiger partial charge in [-0.05, 0) is 48.9 Å². The van der Waals surface area contributed by atoms with E-state index < -0.39 is 0 Å². The first kappa shape index (κ1) is 24.9. The van der Waals surface area contributed by atoms with Crippen LogP contribution in [0, 0.1) is 6.92 Å². The highest BCUT2D eigenvalue weighted by molar-refractivity contribution is 5.92. The Balaban J connectivity index is 1.66. The molecule has 0 fully saturated rings. The van der Waals surface area contributed by atoms with Crippen molar-refractivity contribution in [1.82, 2.24) is 4.57 Å². The number of amides is 1. The fraction of sp³-hybridized carbons (Fsp3) is 0.241. The van der Waals surface area contributed by atoms with E-state index in [0.29, 0.717) is 40.4 Å². The van der Waals surface area contributed by atoms with Crippen LogP contribution in [0.5, 0.6) is 17.2 Å². The van der Waals surface area contributed by atoms with Gasteiger partial charge in [0, 0.05) is 35.5 Å². The predicted octanol–water partition coefficient (Wildman–Crippen LogP) is 4.76. The maximum Gasteiger partial charge on any atom is 0.254 e. The molecule has 186 valence electrons. The van der Waals surface area contributed by atoms with Crippen molar-refractivity contribution >= 4 is 22.5 Å². The minimum atomic E-state index is -0.341. The Hall–Kier alpha value is -4.26. The zero-order chi connectivity index (χ0) is 25.7. The Bertz CT molecular complexity index is 1420. The summed E-state index contributed by atoms with van der Waals surface area (Å²) in [5.41, 5.74) is 3.97. The monoisotopic (exact) mass is 486 g/mol. The summed E-state index contributed by atoms with van der Waals surface area (Å²) < 4.78 is 17.4. The van der Waals surface area contributed by atoms with E-state index in [9.17, 15) is 9.59 Å². The molecule has 0 saturated heterocycles. The summed E-state index contributed by atoms with van der Waals surface area (Å²) in [7, 11) is 4.66. The van der Waals surface area contributed by atoms with Gasteiger partial charge in [-0.3, -0.25) is 14.2 Å². The van der Waals surface area contributed by atoms with E-state index in [1.165, 1.54) is 10.1 Å². The number of anilines is 1. The summed E-state index contributed by atoms with van der Waals surface area (Å²) in [6, 6.07) is 20.9. The number of carbonyl (C=O) groups is 1.